The molecule has 0 aliphatic heterocycles. The second-order valence-electron chi connectivity index (χ2n) is 4.34. The predicted molar refractivity (Wildman–Crippen MR) is 70.2 cm³/mol. The average Bonchev–Trinajstić information content (AvgIpc) is 2.42. The molecular weight excluding hydrogens is 284 g/mol. The molecule has 0 bridgehead atoms. The summed E-state index contributed by atoms with van der Waals surface area (Å²) < 4.78 is 32.2. The molecule has 110 valence electrons. The van der Waals surface area contributed by atoms with Crippen molar-refractivity contribution in [3.63, 3.8) is 0 Å². The molecule has 0 heterocycles. The summed E-state index contributed by atoms with van der Waals surface area (Å²) in [6.45, 7) is 1.58. The van der Waals surface area contributed by atoms with E-state index in [9.17, 15) is 24.0 Å². The molecule has 0 aliphatic rings. The van der Waals surface area contributed by atoms with Crippen molar-refractivity contribution in [1.29, 1.82) is 0 Å². The SMILES string of the molecule is CC(O)c1ccc(Oc2cc(F)c([N+](=O)[O-])cc2F)cc1. The van der Waals surface area contributed by atoms with E-state index in [-0.39, 0.29) is 5.75 Å². The van der Waals surface area contributed by atoms with Crippen molar-refractivity contribution in [2.45, 2.75) is 13.0 Å². The number of benzene rings is 2. The number of ether oxygens (including phenoxy) is 1. The van der Waals surface area contributed by atoms with Crippen LogP contribution in [0.1, 0.15) is 18.6 Å². The Hall–Kier alpha value is -2.54. The molecule has 1 N–H and O–H groups in total. The fraction of sp³-hybridized carbons (Fsp3) is 0.143. The van der Waals surface area contributed by atoms with Gasteiger partial charge in [0.15, 0.2) is 11.6 Å². The number of aliphatic hydroxyl groups is 1. The van der Waals surface area contributed by atoms with Crippen molar-refractivity contribution in [3.05, 3.63) is 63.7 Å². The highest BCUT2D eigenvalue weighted by molar-refractivity contribution is 5.41. The fourth-order valence-electron chi connectivity index (χ4n) is 1.68. The second-order valence-corrected chi connectivity index (χ2v) is 4.34. The first-order chi connectivity index (χ1) is 9.88. The molecule has 21 heavy (non-hydrogen) atoms. The number of nitro groups is 1. The summed E-state index contributed by atoms with van der Waals surface area (Å²) in [6, 6.07) is 7.17. The topological polar surface area (TPSA) is 72.6 Å². The van der Waals surface area contributed by atoms with Crippen LogP contribution in [-0.4, -0.2) is 10.0 Å². The molecule has 5 nitrogen and oxygen atoms in total. The van der Waals surface area contributed by atoms with E-state index in [4.69, 9.17) is 4.74 Å². The fourth-order valence-corrected chi connectivity index (χ4v) is 1.68. The molecule has 0 spiro atoms. The van der Waals surface area contributed by atoms with Crippen LogP contribution in [0.3, 0.4) is 0 Å². The molecule has 0 fully saturated rings. The van der Waals surface area contributed by atoms with E-state index in [1.807, 2.05) is 0 Å². The Morgan fingerprint density at radius 2 is 1.81 bits per heavy atom. The van der Waals surface area contributed by atoms with Crippen molar-refractivity contribution in [1.82, 2.24) is 0 Å². The van der Waals surface area contributed by atoms with Crippen molar-refractivity contribution in [2.75, 3.05) is 0 Å². The maximum atomic E-state index is 13.6. The van der Waals surface area contributed by atoms with Gasteiger partial charge in [-0.1, -0.05) is 12.1 Å². The van der Waals surface area contributed by atoms with Crippen molar-refractivity contribution in [2.24, 2.45) is 0 Å². The Balaban J connectivity index is 2.27. The molecule has 0 radical (unpaired) electrons. The third-order valence-corrected chi connectivity index (χ3v) is 2.79. The largest absolute Gasteiger partial charge is 0.454 e. The lowest BCUT2D eigenvalue weighted by Crippen LogP contribution is -1.97. The van der Waals surface area contributed by atoms with E-state index in [2.05, 4.69) is 0 Å². The zero-order valence-corrected chi connectivity index (χ0v) is 10.9. The van der Waals surface area contributed by atoms with Gasteiger partial charge in [-0.05, 0) is 24.6 Å². The first-order valence-corrected chi connectivity index (χ1v) is 5.98. The van der Waals surface area contributed by atoms with Crippen LogP contribution >= 0.6 is 0 Å². The van der Waals surface area contributed by atoms with Gasteiger partial charge >= 0.3 is 5.69 Å². The second kappa shape index (κ2) is 5.84. The first kappa shape index (κ1) is 14.9. The van der Waals surface area contributed by atoms with Gasteiger partial charge in [-0.25, -0.2) is 4.39 Å². The number of hydrogen-bond acceptors (Lipinski definition) is 4. The third kappa shape index (κ3) is 3.32. The highest BCUT2D eigenvalue weighted by Gasteiger charge is 2.19. The van der Waals surface area contributed by atoms with Crippen LogP contribution in [0, 0.1) is 21.7 Å². The number of aliphatic hydroxyl groups excluding tert-OH is 1. The van der Waals surface area contributed by atoms with E-state index in [0.29, 0.717) is 17.7 Å². The Kier molecular flexibility index (Phi) is 4.13. The molecule has 0 amide bonds. The maximum Gasteiger partial charge on any atom is 0.307 e. The van der Waals surface area contributed by atoms with E-state index in [1.54, 1.807) is 19.1 Å². The number of hydrogen-bond donors (Lipinski definition) is 1. The van der Waals surface area contributed by atoms with Gasteiger partial charge in [0.2, 0.25) is 5.82 Å². The number of nitro benzene ring substituents is 1. The van der Waals surface area contributed by atoms with Crippen LogP contribution in [-0.2, 0) is 0 Å². The van der Waals surface area contributed by atoms with Crippen molar-refractivity contribution >= 4 is 5.69 Å². The van der Waals surface area contributed by atoms with Gasteiger partial charge in [-0.3, -0.25) is 10.1 Å². The minimum Gasteiger partial charge on any atom is -0.454 e. The van der Waals surface area contributed by atoms with E-state index >= 15 is 0 Å². The average molecular weight is 295 g/mol. The number of nitrogens with zero attached hydrogens (tertiary/aromatic N) is 1. The van der Waals surface area contributed by atoms with Gasteiger partial charge in [0.25, 0.3) is 0 Å². The summed E-state index contributed by atoms with van der Waals surface area (Å²) in [5.41, 5.74) is -0.318. The Labute approximate surface area is 118 Å². The molecule has 2 rings (SSSR count). The molecule has 2 aromatic carbocycles. The Morgan fingerprint density at radius 1 is 1.19 bits per heavy atom. The van der Waals surface area contributed by atoms with Gasteiger partial charge in [0.1, 0.15) is 5.75 Å². The van der Waals surface area contributed by atoms with Crippen molar-refractivity contribution < 1.29 is 23.5 Å². The van der Waals surface area contributed by atoms with Gasteiger partial charge in [0.05, 0.1) is 17.1 Å². The van der Waals surface area contributed by atoms with E-state index in [0.717, 1.165) is 0 Å². The minimum absolute atomic E-state index is 0.214. The molecule has 0 aromatic heterocycles. The number of halogens is 2. The van der Waals surface area contributed by atoms with Gasteiger partial charge in [0, 0.05) is 6.07 Å². The summed E-state index contributed by atoms with van der Waals surface area (Å²) in [5.74, 6) is -2.46. The normalized spacial score (nSPS) is 12.0. The maximum absolute atomic E-state index is 13.6. The van der Waals surface area contributed by atoms with Crippen LogP contribution < -0.4 is 4.74 Å². The van der Waals surface area contributed by atoms with Gasteiger partial charge < -0.3 is 9.84 Å². The molecule has 0 aliphatic carbocycles. The summed E-state index contributed by atoms with van der Waals surface area (Å²) in [7, 11) is 0. The lowest BCUT2D eigenvalue weighted by atomic mass is 10.1. The van der Waals surface area contributed by atoms with Crippen LogP contribution in [0.5, 0.6) is 11.5 Å². The quantitative estimate of drug-likeness (QED) is 0.689. The zero-order valence-electron chi connectivity index (χ0n) is 10.9. The van der Waals surface area contributed by atoms with E-state index in [1.165, 1.54) is 12.1 Å². The monoisotopic (exact) mass is 295 g/mol. The summed E-state index contributed by atoms with van der Waals surface area (Å²) in [6.07, 6.45) is -0.660. The molecule has 1 atom stereocenters. The molecule has 0 saturated heterocycles. The lowest BCUT2D eigenvalue weighted by Gasteiger charge is -2.09. The predicted octanol–water partition coefficient (Wildman–Crippen LogP) is 3.72. The number of rotatable bonds is 4. The molecule has 7 heteroatoms. The van der Waals surface area contributed by atoms with Gasteiger partial charge in [-0.2, -0.15) is 4.39 Å². The highest BCUT2D eigenvalue weighted by atomic mass is 19.1. The first-order valence-electron chi connectivity index (χ1n) is 5.98. The Morgan fingerprint density at radius 3 is 2.33 bits per heavy atom. The van der Waals surface area contributed by atoms with Crippen LogP contribution in [0.2, 0.25) is 0 Å². The van der Waals surface area contributed by atoms with Crippen molar-refractivity contribution in [3.8, 4) is 11.5 Å². The molecule has 2 aromatic rings. The summed E-state index contributed by atoms with van der Waals surface area (Å²) in [5, 5.41) is 19.8. The zero-order chi connectivity index (χ0) is 15.6. The third-order valence-electron chi connectivity index (χ3n) is 2.79. The molecule has 0 saturated carbocycles. The van der Waals surface area contributed by atoms with E-state index < -0.39 is 34.1 Å². The molecule has 1 unspecified atom stereocenters. The standard InChI is InChI=1S/C14H11F2NO4/c1-8(18)9-2-4-10(5-3-9)21-14-7-11(15)13(17(19)20)6-12(14)16/h2-8,18H,1H3. The summed E-state index contributed by atoms with van der Waals surface area (Å²) in [4.78, 5) is 9.47. The smallest absolute Gasteiger partial charge is 0.307 e. The summed E-state index contributed by atoms with van der Waals surface area (Å²) >= 11 is 0. The molecular formula is C14H11F2NO4. The highest BCUT2D eigenvalue weighted by Crippen LogP contribution is 2.30. The minimum atomic E-state index is -1.18. The Bertz CT molecular complexity index is 671. The van der Waals surface area contributed by atoms with Crippen LogP contribution in [0.25, 0.3) is 0 Å². The van der Waals surface area contributed by atoms with Gasteiger partial charge in [-0.15, -0.1) is 0 Å². The van der Waals surface area contributed by atoms with Crippen LogP contribution in [0.15, 0.2) is 36.4 Å². The van der Waals surface area contributed by atoms with Crippen LogP contribution in [0.4, 0.5) is 14.5 Å². The lowest BCUT2D eigenvalue weighted by molar-refractivity contribution is -0.387.